The summed E-state index contributed by atoms with van der Waals surface area (Å²) in [6.45, 7) is 14.2. The highest BCUT2D eigenvalue weighted by atomic mass is 19.1. The summed E-state index contributed by atoms with van der Waals surface area (Å²) >= 11 is 0. The monoisotopic (exact) mass is 294 g/mol. The number of halogens is 1. The van der Waals surface area contributed by atoms with Crippen LogP contribution in [0.5, 0.6) is 0 Å². The van der Waals surface area contributed by atoms with E-state index in [0.29, 0.717) is 31.6 Å². The van der Waals surface area contributed by atoms with Crippen molar-refractivity contribution in [2.45, 2.75) is 77.2 Å². The second-order valence-corrected chi connectivity index (χ2v) is 7.47. The fraction of sp³-hybridized carbons (Fsp3) is 0.765. The maximum atomic E-state index is 14.5. The Hall–Kier alpha value is -0.605. The van der Waals surface area contributed by atoms with Crippen LogP contribution >= 0.6 is 0 Å². The molecule has 0 saturated carbocycles. The Morgan fingerprint density at radius 1 is 1.38 bits per heavy atom. The van der Waals surface area contributed by atoms with Gasteiger partial charge in [-0.1, -0.05) is 26.0 Å². The van der Waals surface area contributed by atoms with Crippen LogP contribution in [0.25, 0.3) is 0 Å². The number of allylic oxidation sites excluding steroid dienone is 3. The van der Waals surface area contributed by atoms with E-state index in [4.69, 9.17) is 9.31 Å². The molecule has 1 aliphatic heterocycles. The minimum absolute atomic E-state index is 0.329. The van der Waals surface area contributed by atoms with Gasteiger partial charge in [0, 0.05) is 0 Å². The summed E-state index contributed by atoms with van der Waals surface area (Å²) in [6.07, 6.45) is 5.70. The van der Waals surface area contributed by atoms with Crippen molar-refractivity contribution >= 4 is 7.12 Å². The van der Waals surface area contributed by atoms with Gasteiger partial charge in [-0.25, -0.2) is 4.39 Å². The Balaban J connectivity index is 2.12. The molecule has 2 nitrogen and oxygen atoms in total. The molecular formula is C17H28BFO2. The third kappa shape index (κ3) is 2.98. The van der Waals surface area contributed by atoms with E-state index in [1.165, 1.54) is 0 Å². The largest absolute Gasteiger partial charge is 0.490 e. The molecule has 1 saturated heterocycles. The number of alkyl halides is 1. The van der Waals surface area contributed by atoms with E-state index < -0.39 is 5.67 Å². The fourth-order valence-electron chi connectivity index (χ4n) is 3.30. The molecule has 2 rings (SSSR count). The number of rotatable bonds is 4. The predicted octanol–water partition coefficient (Wildman–Crippen LogP) is 4.65. The van der Waals surface area contributed by atoms with Crippen molar-refractivity contribution in [3.8, 4) is 0 Å². The lowest BCUT2D eigenvalue weighted by atomic mass is 9.69. The van der Waals surface area contributed by atoms with E-state index in [1.807, 2.05) is 6.08 Å². The highest BCUT2D eigenvalue weighted by Gasteiger charge is 2.56. The maximum absolute atomic E-state index is 14.5. The molecule has 0 radical (unpaired) electrons. The molecule has 21 heavy (non-hydrogen) atoms. The first-order chi connectivity index (χ1) is 9.63. The molecule has 1 fully saturated rings. The van der Waals surface area contributed by atoms with Gasteiger partial charge in [-0.05, 0) is 57.8 Å². The van der Waals surface area contributed by atoms with Crippen molar-refractivity contribution in [2.24, 2.45) is 5.92 Å². The molecule has 2 aliphatic rings. The highest BCUT2D eigenvalue weighted by Crippen LogP contribution is 2.45. The van der Waals surface area contributed by atoms with E-state index in [9.17, 15) is 4.39 Å². The zero-order chi connectivity index (χ0) is 15.9. The summed E-state index contributed by atoms with van der Waals surface area (Å²) in [5, 5.41) is 0. The summed E-state index contributed by atoms with van der Waals surface area (Å²) in [4.78, 5) is 0. The quantitative estimate of drug-likeness (QED) is 0.555. The third-order valence-electron chi connectivity index (χ3n) is 5.46. The zero-order valence-corrected chi connectivity index (χ0v) is 14.0. The van der Waals surface area contributed by atoms with Crippen molar-refractivity contribution in [1.82, 2.24) is 0 Å². The lowest BCUT2D eigenvalue weighted by Gasteiger charge is -2.39. The lowest BCUT2D eigenvalue weighted by Crippen LogP contribution is -2.48. The van der Waals surface area contributed by atoms with E-state index in [-0.39, 0.29) is 18.3 Å². The molecule has 2 atom stereocenters. The second kappa shape index (κ2) is 5.55. The molecule has 0 bridgehead atoms. The third-order valence-corrected chi connectivity index (χ3v) is 5.46. The van der Waals surface area contributed by atoms with Crippen molar-refractivity contribution in [2.75, 3.05) is 0 Å². The Morgan fingerprint density at radius 2 is 2.05 bits per heavy atom. The number of hydrogen-bond donors (Lipinski definition) is 0. The molecule has 0 aromatic rings. The molecule has 1 aliphatic carbocycles. The second-order valence-electron chi connectivity index (χ2n) is 7.47. The predicted molar refractivity (Wildman–Crippen MR) is 85.8 cm³/mol. The molecule has 0 spiro atoms. The molecule has 2 unspecified atom stereocenters. The van der Waals surface area contributed by atoms with Gasteiger partial charge in [0.25, 0.3) is 0 Å². The summed E-state index contributed by atoms with van der Waals surface area (Å²) in [6, 6.07) is 0. The van der Waals surface area contributed by atoms with Crippen LogP contribution in [0.15, 0.2) is 24.2 Å². The molecule has 0 aromatic carbocycles. The Bertz CT molecular complexity index is 446. The van der Waals surface area contributed by atoms with Crippen LogP contribution in [0.3, 0.4) is 0 Å². The molecule has 4 heteroatoms. The van der Waals surface area contributed by atoms with E-state index in [0.717, 1.165) is 5.47 Å². The van der Waals surface area contributed by atoms with Crippen LogP contribution in [0.1, 0.15) is 60.3 Å². The van der Waals surface area contributed by atoms with Crippen LogP contribution in [0, 0.1) is 5.92 Å². The Labute approximate surface area is 128 Å². The maximum Gasteiger partial charge on any atom is 0.490 e. The van der Waals surface area contributed by atoms with Gasteiger partial charge >= 0.3 is 7.12 Å². The minimum atomic E-state index is -1.14. The van der Waals surface area contributed by atoms with Crippen molar-refractivity contribution in [3.05, 3.63) is 24.2 Å². The van der Waals surface area contributed by atoms with Gasteiger partial charge in [0.15, 0.2) is 0 Å². The first-order valence-electron chi connectivity index (χ1n) is 7.98. The normalized spacial score (nSPS) is 36.0. The smallest absolute Gasteiger partial charge is 0.400 e. The number of hydrogen-bond acceptors (Lipinski definition) is 2. The molecular weight excluding hydrogens is 266 g/mol. The van der Waals surface area contributed by atoms with Gasteiger partial charge in [0.2, 0.25) is 0 Å². The van der Waals surface area contributed by atoms with E-state index in [1.54, 1.807) is 6.08 Å². The van der Waals surface area contributed by atoms with E-state index in [2.05, 4.69) is 41.2 Å². The summed E-state index contributed by atoms with van der Waals surface area (Å²) in [7, 11) is -0.333. The first kappa shape index (κ1) is 16.8. The van der Waals surface area contributed by atoms with Crippen LogP contribution in [0.4, 0.5) is 4.39 Å². The molecule has 1 heterocycles. The van der Waals surface area contributed by atoms with Gasteiger partial charge < -0.3 is 9.31 Å². The highest BCUT2D eigenvalue weighted by molar-refractivity contribution is 6.54. The van der Waals surface area contributed by atoms with Crippen LogP contribution in [-0.4, -0.2) is 24.0 Å². The van der Waals surface area contributed by atoms with Crippen LogP contribution in [-0.2, 0) is 9.31 Å². The average molecular weight is 294 g/mol. The first-order valence-corrected chi connectivity index (χ1v) is 7.98. The molecule has 0 amide bonds. The standard InChI is InChI=1S/C17H28BFO2/c1-7-10-17(19)11-8-14(9-12-17)18-20-15(4,5)16(6,21-18)13(2)3/h7-8,13H,1,9-12H2,2-6H3. The molecule has 0 N–H and O–H groups in total. The Morgan fingerprint density at radius 3 is 2.48 bits per heavy atom. The average Bonchev–Trinajstić information content (AvgIpc) is 2.62. The van der Waals surface area contributed by atoms with Crippen LogP contribution in [0.2, 0.25) is 0 Å². The van der Waals surface area contributed by atoms with Crippen molar-refractivity contribution in [1.29, 1.82) is 0 Å². The lowest BCUT2D eigenvalue weighted by molar-refractivity contribution is -0.0435. The van der Waals surface area contributed by atoms with E-state index >= 15 is 0 Å². The van der Waals surface area contributed by atoms with Gasteiger partial charge in [0.05, 0.1) is 11.2 Å². The van der Waals surface area contributed by atoms with Gasteiger partial charge in [0.1, 0.15) is 5.67 Å². The topological polar surface area (TPSA) is 18.5 Å². The summed E-state index contributed by atoms with van der Waals surface area (Å²) in [5.41, 5.74) is -0.729. The zero-order valence-electron chi connectivity index (χ0n) is 14.0. The SMILES string of the molecule is C=CCC1(F)CC=C(B2OC(C)(C)C(C)(C(C)C)O2)CC1. The molecule has 118 valence electrons. The fourth-order valence-corrected chi connectivity index (χ4v) is 3.30. The van der Waals surface area contributed by atoms with Gasteiger partial charge in [-0.15, -0.1) is 6.58 Å². The summed E-state index contributed by atoms with van der Waals surface area (Å²) in [5.74, 6) is 0.350. The van der Waals surface area contributed by atoms with Gasteiger partial charge in [-0.3, -0.25) is 0 Å². The minimum Gasteiger partial charge on any atom is -0.400 e. The summed E-state index contributed by atoms with van der Waals surface area (Å²) < 4.78 is 26.9. The van der Waals surface area contributed by atoms with Crippen LogP contribution < -0.4 is 0 Å². The van der Waals surface area contributed by atoms with Crippen molar-refractivity contribution in [3.63, 3.8) is 0 Å². The molecule has 0 aromatic heterocycles. The van der Waals surface area contributed by atoms with Gasteiger partial charge in [-0.2, -0.15) is 0 Å². The Kier molecular flexibility index (Phi) is 4.43. The van der Waals surface area contributed by atoms with Crippen molar-refractivity contribution < 1.29 is 13.7 Å².